The molecule has 1 atom stereocenters. The Kier molecular flexibility index (Phi) is 6.58. The number of fused-ring (bicyclic) bond motifs is 2. The van der Waals surface area contributed by atoms with Crippen LogP contribution in [0.5, 0.6) is 0 Å². The minimum atomic E-state index is 0. The van der Waals surface area contributed by atoms with Crippen molar-refractivity contribution in [3.8, 4) is 0 Å². The zero-order chi connectivity index (χ0) is 17.2. The van der Waals surface area contributed by atoms with Crippen LogP contribution in [0.1, 0.15) is 34.9 Å². The van der Waals surface area contributed by atoms with Gasteiger partial charge in [-0.15, -0.1) is 35.3 Å². The lowest BCUT2D eigenvalue weighted by Gasteiger charge is -2.31. The predicted molar refractivity (Wildman–Crippen MR) is 122 cm³/mol. The number of hydrogen-bond donors (Lipinski definition) is 2. The summed E-state index contributed by atoms with van der Waals surface area (Å²) in [7, 11) is 0. The first-order valence-corrected chi connectivity index (χ1v) is 10.0. The first kappa shape index (κ1) is 19.6. The minimum Gasteiger partial charge on any atom is -0.370 e. The van der Waals surface area contributed by atoms with Crippen molar-refractivity contribution in [3.63, 3.8) is 0 Å². The molecule has 0 bridgehead atoms. The molecule has 1 aliphatic carbocycles. The van der Waals surface area contributed by atoms with Crippen molar-refractivity contribution in [1.82, 2.24) is 4.90 Å². The number of thiophene rings is 1. The summed E-state index contributed by atoms with van der Waals surface area (Å²) in [6, 6.07) is 9.20. The largest absolute Gasteiger partial charge is 0.370 e. The van der Waals surface area contributed by atoms with Gasteiger partial charge in [0.15, 0.2) is 5.96 Å². The summed E-state index contributed by atoms with van der Waals surface area (Å²) < 4.78 is 0. The van der Waals surface area contributed by atoms with Crippen LogP contribution in [0, 0.1) is 0 Å². The smallest absolute Gasteiger partial charge is 0.193 e. The van der Waals surface area contributed by atoms with E-state index < -0.39 is 0 Å². The molecule has 0 fully saturated rings. The number of anilines is 1. The van der Waals surface area contributed by atoms with Gasteiger partial charge in [0.1, 0.15) is 0 Å². The van der Waals surface area contributed by atoms with Crippen LogP contribution in [0.3, 0.4) is 0 Å². The minimum absolute atomic E-state index is 0. The van der Waals surface area contributed by atoms with Crippen molar-refractivity contribution in [2.75, 3.05) is 18.4 Å². The number of hydrogen-bond acceptors (Lipinski definition) is 3. The van der Waals surface area contributed by atoms with Crippen molar-refractivity contribution in [2.24, 2.45) is 10.7 Å². The van der Waals surface area contributed by atoms with Crippen molar-refractivity contribution < 1.29 is 0 Å². The van der Waals surface area contributed by atoms with Gasteiger partial charge in [0.05, 0.1) is 6.54 Å². The van der Waals surface area contributed by atoms with E-state index >= 15 is 0 Å². The number of nitrogens with zero attached hydrogens (tertiary/aromatic N) is 2. The number of nitrogens with two attached hydrogens (primary N) is 1. The fourth-order valence-corrected chi connectivity index (χ4v) is 4.72. The molecule has 1 aliphatic heterocycles. The molecular weight excluding hydrogens is 455 g/mol. The average Bonchev–Trinajstić information content (AvgIpc) is 3.27. The third-order valence-corrected chi connectivity index (χ3v) is 6.38. The van der Waals surface area contributed by atoms with Crippen LogP contribution in [0.4, 0.5) is 5.69 Å². The lowest BCUT2D eigenvalue weighted by atomic mass is 10.1. The number of rotatable bonds is 4. The second-order valence-electron chi connectivity index (χ2n) is 7.13. The van der Waals surface area contributed by atoms with Crippen molar-refractivity contribution in [3.05, 3.63) is 51.2 Å². The van der Waals surface area contributed by atoms with Gasteiger partial charge < -0.3 is 11.1 Å². The topological polar surface area (TPSA) is 53.6 Å². The molecule has 1 aromatic carbocycles. The number of halogens is 1. The molecule has 0 spiro atoms. The van der Waals surface area contributed by atoms with E-state index in [0.29, 0.717) is 12.0 Å². The first-order chi connectivity index (χ1) is 12.2. The van der Waals surface area contributed by atoms with Crippen molar-refractivity contribution in [2.45, 2.75) is 45.2 Å². The van der Waals surface area contributed by atoms with Crippen LogP contribution < -0.4 is 11.1 Å². The Balaban J connectivity index is 0.00000196. The molecule has 1 unspecified atom stereocenters. The molecule has 1 aromatic heterocycles. The summed E-state index contributed by atoms with van der Waals surface area (Å²) in [5, 5.41) is 5.46. The van der Waals surface area contributed by atoms with E-state index in [1.54, 1.807) is 4.88 Å². The van der Waals surface area contributed by atoms with Gasteiger partial charge in [-0.2, -0.15) is 0 Å². The molecule has 6 heteroatoms. The fraction of sp³-hybridized carbons (Fsp3) is 0.450. The summed E-state index contributed by atoms with van der Waals surface area (Å²) in [6.07, 6.45) is 4.81. The zero-order valence-electron chi connectivity index (χ0n) is 15.2. The molecule has 0 saturated carbocycles. The number of aryl methyl sites for hydroxylation is 2. The lowest BCUT2D eigenvalue weighted by molar-refractivity contribution is 0.197. The van der Waals surface area contributed by atoms with Gasteiger partial charge in [-0.3, -0.25) is 9.89 Å². The van der Waals surface area contributed by atoms with Crippen LogP contribution in [0.25, 0.3) is 0 Å². The maximum atomic E-state index is 6.11. The summed E-state index contributed by atoms with van der Waals surface area (Å²) in [5.74, 6) is 0.512. The Morgan fingerprint density at radius 1 is 1.23 bits per heavy atom. The molecule has 0 saturated heterocycles. The SMILES string of the molecule is CC(CN=C(N)Nc1ccc2c(c1)CCC2)N1CCc2sccc2C1.I. The Labute approximate surface area is 176 Å². The second kappa shape index (κ2) is 8.71. The van der Waals surface area contributed by atoms with Gasteiger partial charge in [0.25, 0.3) is 0 Å². The number of guanidine groups is 1. The Bertz CT molecular complexity index is 786. The van der Waals surface area contributed by atoms with Gasteiger partial charge in [0, 0.05) is 29.7 Å². The fourth-order valence-electron chi connectivity index (χ4n) is 3.83. The Hall–Kier alpha value is -1.12. The average molecular weight is 482 g/mol. The number of nitrogens with one attached hydrogen (secondary N) is 1. The predicted octanol–water partition coefficient (Wildman–Crippen LogP) is 4.03. The van der Waals surface area contributed by atoms with Gasteiger partial charge in [-0.05, 0) is 72.9 Å². The summed E-state index contributed by atoms with van der Waals surface area (Å²) in [5.41, 5.74) is 11.6. The highest BCUT2D eigenvalue weighted by Crippen LogP contribution is 2.26. The molecule has 2 heterocycles. The molecule has 0 amide bonds. The highest BCUT2D eigenvalue weighted by atomic mass is 127. The van der Waals surface area contributed by atoms with Crippen LogP contribution in [-0.2, 0) is 25.8 Å². The zero-order valence-corrected chi connectivity index (χ0v) is 18.3. The van der Waals surface area contributed by atoms with Crippen LogP contribution in [0.2, 0.25) is 0 Å². The Morgan fingerprint density at radius 2 is 2.08 bits per heavy atom. The molecule has 0 radical (unpaired) electrons. The van der Waals surface area contributed by atoms with Gasteiger partial charge in [-0.25, -0.2) is 0 Å². The molecule has 2 aliphatic rings. The van der Waals surface area contributed by atoms with E-state index in [-0.39, 0.29) is 24.0 Å². The van der Waals surface area contributed by atoms with E-state index in [1.807, 2.05) is 11.3 Å². The van der Waals surface area contributed by atoms with Crippen LogP contribution >= 0.6 is 35.3 Å². The highest BCUT2D eigenvalue weighted by Gasteiger charge is 2.21. The summed E-state index contributed by atoms with van der Waals surface area (Å²) in [6.45, 7) is 5.11. The standard InChI is InChI=1S/C20H26N4S.HI/c1-14(24-9-7-19-17(13-24)8-10-25-19)12-22-20(21)23-18-6-5-15-3-2-4-16(15)11-18;/h5-6,8,10-11,14H,2-4,7,9,12-13H2,1H3,(H3,21,22,23);1H. The second-order valence-corrected chi connectivity index (χ2v) is 8.13. The van der Waals surface area contributed by atoms with Crippen LogP contribution in [-0.4, -0.2) is 30.0 Å². The highest BCUT2D eigenvalue weighted by molar-refractivity contribution is 14.0. The van der Waals surface area contributed by atoms with E-state index in [0.717, 1.165) is 31.7 Å². The third kappa shape index (κ3) is 4.40. The molecule has 2 aromatic rings. The lowest BCUT2D eigenvalue weighted by Crippen LogP contribution is -2.39. The molecule has 4 nitrogen and oxygen atoms in total. The van der Waals surface area contributed by atoms with E-state index in [4.69, 9.17) is 5.73 Å². The number of benzene rings is 1. The monoisotopic (exact) mass is 482 g/mol. The van der Waals surface area contributed by atoms with E-state index in [1.165, 1.54) is 36.0 Å². The van der Waals surface area contributed by atoms with Gasteiger partial charge >= 0.3 is 0 Å². The van der Waals surface area contributed by atoms with Gasteiger partial charge in [0.2, 0.25) is 0 Å². The number of aliphatic imine (C=N–C) groups is 1. The molecule has 26 heavy (non-hydrogen) atoms. The van der Waals surface area contributed by atoms with Crippen molar-refractivity contribution >= 4 is 47.0 Å². The van der Waals surface area contributed by atoms with Gasteiger partial charge in [-0.1, -0.05) is 6.07 Å². The van der Waals surface area contributed by atoms with E-state index in [2.05, 4.69) is 51.8 Å². The van der Waals surface area contributed by atoms with Crippen LogP contribution in [0.15, 0.2) is 34.6 Å². The third-order valence-electron chi connectivity index (χ3n) is 5.36. The maximum absolute atomic E-state index is 6.11. The summed E-state index contributed by atoms with van der Waals surface area (Å²) in [4.78, 5) is 8.62. The molecular formula is C20H27IN4S. The normalized spacial score (nSPS) is 18.0. The van der Waals surface area contributed by atoms with E-state index in [9.17, 15) is 0 Å². The summed E-state index contributed by atoms with van der Waals surface area (Å²) >= 11 is 1.88. The molecule has 3 N–H and O–H groups in total. The van der Waals surface area contributed by atoms with Crippen molar-refractivity contribution in [1.29, 1.82) is 0 Å². The molecule has 4 rings (SSSR count). The first-order valence-electron chi connectivity index (χ1n) is 9.17. The maximum Gasteiger partial charge on any atom is 0.193 e. The quantitative estimate of drug-likeness (QED) is 0.393. The Morgan fingerprint density at radius 3 is 2.96 bits per heavy atom. The molecule has 140 valence electrons.